The maximum atomic E-state index is 2.42. The van der Waals surface area contributed by atoms with Crippen LogP contribution in [-0.2, 0) is 5.41 Å². The van der Waals surface area contributed by atoms with E-state index in [1.165, 1.54) is 55.2 Å². The largest absolute Gasteiger partial charge is 0.310 e. The summed E-state index contributed by atoms with van der Waals surface area (Å²) in [7, 11) is 0. The van der Waals surface area contributed by atoms with Gasteiger partial charge in [0.05, 0.1) is 11.0 Å². The molecule has 1 aliphatic rings. The van der Waals surface area contributed by atoms with Gasteiger partial charge in [0.25, 0.3) is 0 Å². The Morgan fingerprint density at radius 1 is 0.426 bits per heavy atom. The van der Waals surface area contributed by atoms with E-state index in [1.807, 2.05) is 0 Å². The molecule has 0 spiro atoms. The van der Waals surface area contributed by atoms with E-state index in [0.717, 1.165) is 22.7 Å². The molecule has 1 aromatic heterocycles. The van der Waals surface area contributed by atoms with Crippen molar-refractivity contribution in [2.24, 2.45) is 0 Å². The van der Waals surface area contributed by atoms with Gasteiger partial charge in [-0.1, -0.05) is 129 Å². The monoisotopic (exact) mass is 602 g/mol. The summed E-state index contributed by atoms with van der Waals surface area (Å²) in [5.74, 6) is 0. The minimum Gasteiger partial charge on any atom is -0.310 e. The van der Waals surface area contributed by atoms with Crippen LogP contribution in [0.5, 0.6) is 0 Å². The van der Waals surface area contributed by atoms with Crippen molar-refractivity contribution < 1.29 is 0 Å². The number of para-hydroxylation sites is 2. The number of hydrogen-bond donors (Lipinski definition) is 0. The Labute approximate surface area is 275 Å². The Morgan fingerprint density at radius 2 is 1.04 bits per heavy atom. The molecule has 0 amide bonds. The second kappa shape index (κ2) is 10.6. The van der Waals surface area contributed by atoms with Gasteiger partial charge in [-0.2, -0.15) is 0 Å². The van der Waals surface area contributed by atoms with Crippen molar-refractivity contribution >= 4 is 38.9 Å². The van der Waals surface area contributed by atoms with Crippen molar-refractivity contribution in [2.75, 3.05) is 4.90 Å². The van der Waals surface area contributed by atoms with Gasteiger partial charge in [0.15, 0.2) is 0 Å². The maximum Gasteiger partial charge on any atom is 0.0561 e. The number of hydrogen-bond acceptors (Lipinski definition) is 1. The van der Waals surface area contributed by atoms with Crippen molar-refractivity contribution in [1.29, 1.82) is 0 Å². The van der Waals surface area contributed by atoms with Gasteiger partial charge in [-0.05, 0) is 88.0 Å². The number of rotatable bonds is 5. The number of benzene rings is 7. The molecule has 2 heteroatoms. The first kappa shape index (κ1) is 27.5. The molecule has 0 fully saturated rings. The van der Waals surface area contributed by atoms with E-state index in [4.69, 9.17) is 0 Å². The Balaban J connectivity index is 1.30. The predicted octanol–water partition coefficient (Wildman–Crippen LogP) is 12.2. The molecule has 0 unspecified atom stereocenters. The van der Waals surface area contributed by atoms with E-state index in [0.29, 0.717) is 0 Å². The molecule has 0 aliphatic heterocycles. The highest BCUT2D eigenvalue weighted by Crippen LogP contribution is 2.51. The quantitative estimate of drug-likeness (QED) is 0.190. The van der Waals surface area contributed by atoms with Crippen LogP contribution in [0.25, 0.3) is 49.7 Å². The van der Waals surface area contributed by atoms with Gasteiger partial charge >= 0.3 is 0 Å². The third kappa shape index (κ3) is 4.33. The van der Waals surface area contributed by atoms with E-state index in [9.17, 15) is 0 Å². The zero-order chi connectivity index (χ0) is 31.5. The fourth-order valence-corrected chi connectivity index (χ4v) is 7.70. The van der Waals surface area contributed by atoms with Gasteiger partial charge in [0.2, 0.25) is 0 Å². The lowest BCUT2D eigenvalue weighted by Crippen LogP contribution is -2.15. The van der Waals surface area contributed by atoms with Gasteiger partial charge in [0.1, 0.15) is 0 Å². The highest BCUT2D eigenvalue weighted by molar-refractivity contribution is 6.10. The second-order valence-corrected chi connectivity index (χ2v) is 13.0. The minimum absolute atomic E-state index is 0.0436. The first-order chi connectivity index (χ1) is 23.1. The summed E-state index contributed by atoms with van der Waals surface area (Å²) < 4.78 is 2.40. The molecule has 0 saturated heterocycles. The molecule has 1 heterocycles. The standard InChI is InChI=1S/C45H34N2/c1-45(2)41-22-11-9-20-37(41)40-29-35(25-27-42(40)45)46(34-19-13-16-32(28-34)31-14-5-3-6-15-31)36-24-26-39-38-21-10-12-23-43(38)47(44(39)30-36)33-17-7-4-8-18-33/h3-30H,1-2H3. The van der Waals surface area contributed by atoms with Crippen LogP contribution in [0.15, 0.2) is 170 Å². The highest BCUT2D eigenvalue weighted by Gasteiger charge is 2.35. The molecule has 2 nitrogen and oxygen atoms in total. The van der Waals surface area contributed by atoms with Gasteiger partial charge in [-0.25, -0.2) is 0 Å². The minimum atomic E-state index is -0.0436. The van der Waals surface area contributed by atoms with Crippen LogP contribution in [-0.4, -0.2) is 4.57 Å². The molecule has 0 N–H and O–H groups in total. The van der Waals surface area contributed by atoms with E-state index in [1.54, 1.807) is 0 Å². The van der Waals surface area contributed by atoms with Crippen LogP contribution in [0.3, 0.4) is 0 Å². The van der Waals surface area contributed by atoms with Crippen molar-refractivity contribution in [3.8, 4) is 27.9 Å². The van der Waals surface area contributed by atoms with E-state index in [2.05, 4.69) is 193 Å². The molecular weight excluding hydrogens is 569 g/mol. The second-order valence-electron chi connectivity index (χ2n) is 13.0. The van der Waals surface area contributed by atoms with Gasteiger partial charge < -0.3 is 9.47 Å². The Morgan fingerprint density at radius 3 is 1.89 bits per heavy atom. The number of fused-ring (bicyclic) bond motifs is 6. The molecular formula is C45H34N2. The summed E-state index contributed by atoms with van der Waals surface area (Å²) in [6, 6.07) is 61.9. The average Bonchev–Trinajstić information content (AvgIpc) is 3.57. The number of nitrogens with zero attached hydrogens (tertiary/aromatic N) is 2. The zero-order valence-electron chi connectivity index (χ0n) is 26.6. The summed E-state index contributed by atoms with van der Waals surface area (Å²) in [5.41, 5.74) is 14.7. The first-order valence-corrected chi connectivity index (χ1v) is 16.4. The lowest BCUT2D eigenvalue weighted by molar-refractivity contribution is 0.660. The lowest BCUT2D eigenvalue weighted by Gasteiger charge is -2.28. The van der Waals surface area contributed by atoms with Crippen molar-refractivity contribution in [2.45, 2.75) is 19.3 Å². The molecule has 0 radical (unpaired) electrons. The molecule has 0 bridgehead atoms. The summed E-state index contributed by atoms with van der Waals surface area (Å²) >= 11 is 0. The summed E-state index contributed by atoms with van der Waals surface area (Å²) in [5, 5.41) is 2.50. The Bertz CT molecular complexity index is 2430. The van der Waals surface area contributed by atoms with Gasteiger partial charge in [-0.15, -0.1) is 0 Å². The molecule has 8 aromatic rings. The fraction of sp³-hybridized carbons (Fsp3) is 0.0667. The maximum absolute atomic E-state index is 2.42. The fourth-order valence-electron chi connectivity index (χ4n) is 7.70. The Hall–Kier alpha value is -5.86. The molecule has 224 valence electrons. The van der Waals surface area contributed by atoms with Crippen molar-refractivity contribution in [3.63, 3.8) is 0 Å². The van der Waals surface area contributed by atoms with Crippen LogP contribution >= 0.6 is 0 Å². The summed E-state index contributed by atoms with van der Waals surface area (Å²) in [4.78, 5) is 2.42. The number of aromatic nitrogens is 1. The van der Waals surface area contributed by atoms with Crippen LogP contribution < -0.4 is 4.90 Å². The number of anilines is 3. The van der Waals surface area contributed by atoms with E-state index in [-0.39, 0.29) is 5.41 Å². The zero-order valence-corrected chi connectivity index (χ0v) is 26.6. The van der Waals surface area contributed by atoms with Gasteiger partial charge in [0, 0.05) is 38.9 Å². The molecule has 47 heavy (non-hydrogen) atoms. The molecule has 0 saturated carbocycles. The first-order valence-electron chi connectivity index (χ1n) is 16.4. The SMILES string of the molecule is CC1(C)c2ccccc2-c2cc(N(c3cccc(-c4ccccc4)c3)c3ccc4c5ccccc5n(-c5ccccc5)c4c3)ccc21. The summed E-state index contributed by atoms with van der Waals surface area (Å²) in [6.07, 6.45) is 0. The van der Waals surface area contributed by atoms with E-state index < -0.39 is 0 Å². The highest BCUT2D eigenvalue weighted by atomic mass is 15.1. The van der Waals surface area contributed by atoms with Crippen LogP contribution in [0.1, 0.15) is 25.0 Å². The lowest BCUT2D eigenvalue weighted by atomic mass is 9.82. The topological polar surface area (TPSA) is 8.17 Å². The smallest absolute Gasteiger partial charge is 0.0561 e. The van der Waals surface area contributed by atoms with E-state index >= 15 is 0 Å². The molecule has 7 aromatic carbocycles. The molecule has 1 aliphatic carbocycles. The van der Waals surface area contributed by atoms with Crippen molar-refractivity contribution in [3.05, 3.63) is 181 Å². The third-order valence-corrected chi connectivity index (χ3v) is 9.97. The van der Waals surface area contributed by atoms with Gasteiger partial charge in [-0.3, -0.25) is 0 Å². The normalized spacial score (nSPS) is 13.1. The van der Waals surface area contributed by atoms with Crippen LogP contribution in [0, 0.1) is 0 Å². The third-order valence-electron chi connectivity index (χ3n) is 9.97. The average molecular weight is 603 g/mol. The van der Waals surface area contributed by atoms with Crippen LogP contribution in [0.2, 0.25) is 0 Å². The summed E-state index contributed by atoms with van der Waals surface area (Å²) in [6.45, 7) is 4.68. The van der Waals surface area contributed by atoms with Crippen molar-refractivity contribution in [1.82, 2.24) is 4.57 Å². The molecule has 0 atom stereocenters. The van der Waals surface area contributed by atoms with Crippen LogP contribution in [0.4, 0.5) is 17.1 Å². The molecule has 9 rings (SSSR count). The Kier molecular flexibility index (Phi) is 6.20. The predicted molar refractivity (Wildman–Crippen MR) is 198 cm³/mol.